The number of aromatic nitrogens is 1. The summed E-state index contributed by atoms with van der Waals surface area (Å²) in [4.78, 5) is 16.8. The monoisotopic (exact) mass is 359 g/mol. The van der Waals surface area contributed by atoms with Crippen LogP contribution in [0.4, 0.5) is 8.78 Å². The van der Waals surface area contributed by atoms with Crippen molar-refractivity contribution in [2.75, 3.05) is 26.7 Å². The van der Waals surface area contributed by atoms with Crippen LogP contribution in [0.1, 0.15) is 48.0 Å². The number of alkyl halides is 2. The third-order valence-corrected chi connectivity index (χ3v) is 5.88. The van der Waals surface area contributed by atoms with E-state index in [-0.39, 0.29) is 24.9 Å². The van der Waals surface area contributed by atoms with Gasteiger partial charge in [-0.1, -0.05) is 0 Å². The lowest BCUT2D eigenvalue weighted by molar-refractivity contribution is -0.140. The first-order valence-corrected chi connectivity index (χ1v) is 9.21. The second-order valence-corrected chi connectivity index (χ2v) is 7.52. The number of halogens is 2. The van der Waals surface area contributed by atoms with Crippen molar-refractivity contribution in [3.63, 3.8) is 0 Å². The number of esters is 1. The molecule has 2 saturated heterocycles. The summed E-state index contributed by atoms with van der Waals surface area (Å²) in [6.45, 7) is 1.71. The maximum Gasteiger partial charge on any atom is 0.305 e. The van der Waals surface area contributed by atoms with Gasteiger partial charge in [-0.05, 0) is 19.3 Å². The molecule has 2 aliphatic heterocycles. The molecule has 0 radical (unpaired) electrons. The van der Waals surface area contributed by atoms with Crippen LogP contribution in [-0.4, -0.2) is 53.6 Å². The average molecular weight is 359 g/mol. The van der Waals surface area contributed by atoms with E-state index in [2.05, 4.69) is 19.7 Å². The highest BCUT2D eigenvalue weighted by Gasteiger charge is 2.39. The Morgan fingerprint density at radius 1 is 1.42 bits per heavy atom. The molecule has 0 amide bonds. The molecule has 134 valence electrons. The zero-order valence-corrected chi connectivity index (χ0v) is 14.7. The lowest BCUT2D eigenvalue weighted by Gasteiger charge is -2.40. The van der Waals surface area contributed by atoms with Gasteiger partial charge in [0, 0.05) is 43.5 Å². The Balaban J connectivity index is 1.61. The van der Waals surface area contributed by atoms with E-state index in [9.17, 15) is 13.6 Å². The van der Waals surface area contributed by atoms with Gasteiger partial charge in [0.1, 0.15) is 5.01 Å². The molecule has 0 spiro atoms. The number of methoxy groups -OCH3 is 1. The van der Waals surface area contributed by atoms with Gasteiger partial charge < -0.3 is 4.74 Å². The molecule has 0 aliphatic carbocycles. The molecule has 1 aromatic rings. The van der Waals surface area contributed by atoms with Crippen molar-refractivity contribution in [1.29, 1.82) is 0 Å². The van der Waals surface area contributed by atoms with Crippen LogP contribution < -0.4 is 0 Å². The van der Waals surface area contributed by atoms with Crippen molar-refractivity contribution in [2.24, 2.45) is 0 Å². The summed E-state index contributed by atoms with van der Waals surface area (Å²) in [5, 5.41) is 5.31. The molecule has 1 aromatic heterocycles. The highest BCUT2D eigenvalue weighted by molar-refractivity contribution is 7.11. The summed E-state index contributed by atoms with van der Waals surface area (Å²) in [5.41, 5.74) is 0. The zero-order valence-electron chi connectivity index (χ0n) is 13.8. The molecule has 2 fully saturated rings. The summed E-state index contributed by atoms with van der Waals surface area (Å²) >= 11 is 1.61. The van der Waals surface area contributed by atoms with Crippen LogP contribution in [0, 0.1) is 0 Å². The average Bonchev–Trinajstić information content (AvgIpc) is 3.21. The van der Waals surface area contributed by atoms with Crippen molar-refractivity contribution in [3.8, 4) is 0 Å². The fourth-order valence-corrected chi connectivity index (χ4v) is 4.40. The van der Waals surface area contributed by atoms with Gasteiger partial charge in [0.15, 0.2) is 0 Å². The summed E-state index contributed by atoms with van der Waals surface area (Å²) in [6, 6.07) is 0.175. The number of aryl methyl sites for hydroxylation is 1. The maximum atomic E-state index is 13.4. The summed E-state index contributed by atoms with van der Waals surface area (Å²) in [5.74, 6) is -2.74. The Kier molecular flexibility index (Phi) is 5.46. The molecule has 0 bridgehead atoms. The van der Waals surface area contributed by atoms with Gasteiger partial charge in [-0.25, -0.2) is 23.8 Å². The predicted molar refractivity (Wildman–Crippen MR) is 86.9 cm³/mol. The molecule has 3 heterocycles. The van der Waals surface area contributed by atoms with Crippen LogP contribution >= 0.6 is 11.3 Å². The van der Waals surface area contributed by atoms with Crippen molar-refractivity contribution in [2.45, 2.75) is 50.5 Å². The van der Waals surface area contributed by atoms with Crippen molar-refractivity contribution < 1.29 is 18.3 Å². The molecule has 0 N–H and O–H groups in total. The van der Waals surface area contributed by atoms with Gasteiger partial charge in [-0.2, -0.15) is 0 Å². The van der Waals surface area contributed by atoms with E-state index in [1.54, 1.807) is 11.3 Å². The van der Waals surface area contributed by atoms with Crippen LogP contribution in [0.25, 0.3) is 0 Å². The van der Waals surface area contributed by atoms with Crippen molar-refractivity contribution >= 4 is 17.3 Å². The van der Waals surface area contributed by atoms with E-state index in [0.29, 0.717) is 25.9 Å². The number of hydrogen-bond acceptors (Lipinski definition) is 6. The van der Waals surface area contributed by atoms with Crippen LogP contribution in [0.15, 0.2) is 6.20 Å². The number of carbonyl (C=O) groups is 1. The fraction of sp³-hybridized carbons (Fsp3) is 0.750. The zero-order chi connectivity index (χ0) is 17.2. The third kappa shape index (κ3) is 4.10. The van der Waals surface area contributed by atoms with Gasteiger partial charge >= 0.3 is 5.97 Å². The highest BCUT2D eigenvalue weighted by atomic mass is 32.1. The molecular weight excluding hydrogens is 336 g/mol. The Morgan fingerprint density at radius 3 is 2.88 bits per heavy atom. The Hall–Kier alpha value is -1.12. The standard InChI is InChI=1S/C16H23F2N3O2S/c1-23-14(22)5-4-12-11-19-15(24-12)13-3-2-8-21(13)20-9-6-16(17,18)7-10-20/h11,13H,2-10H2,1H3/t13-/m0/s1. The molecule has 0 aromatic carbocycles. The molecular formula is C16H23F2N3O2S. The maximum absolute atomic E-state index is 13.4. The Bertz CT molecular complexity index is 571. The molecule has 24 heavy (non-hydrogen) atoms. The number of rotatable bonds is 5. The van der Waals surface area contributed by atoms with Gasteiger partial charge in [-0.3, -0.25) is 4.79 Å². The number of nitrogens with zero attached hydrogens (tertiary/aromatic N) is 3. The minimum absolute atomic E-state index is 0.0710. The van der Waals surface area contributed by atoms with Crippen LogP contribution in [0.5, 0.6) is 0 Å². The number of hydrazine groups is 1. The number of hydrogen-bond donors (Lipinski definition) is 0. The second kappa shape index (κ2) is 7.41. The largest absolute Gasteiger partial charge is 0.469 e. The van der Waals surface area contributed by atoms with E-state index in [1.165, 1.54) is 7.11 Å². The lowest BCUT2D eigenvalue weighted by Crippen LogP contribution is -2.49. The van der Waals surface area contributed by atoms with Crippen molar-refractivity contribution in [3.05, 3.63) is 16.1 Å². The number of carbonyl (C=O) groups excluding carboxylic acids is 1. The molecule has 2 aliphatic rings. The quantitative estimate of drug-likeness (QED) is 0.756. The fourth-order valence-electron chi connectivity index (χ4n) is 3.34. The van der Waals surface area contributed by atoms with E-state index < -0.39 is 5.92 Å². The first kappa shape index (κ1) is 17.7. The molecule has 8 heteroatoms. The predicted octanol–water partition coefficient (Wildman–Crippen LogP) is 3.03. The number of thiazole rings is 1. The molecule has 1 atom stereocenters. The minimum Gasteiger partial charge on any atom is -0.469 e. The SMILES string of the molecule is COC(=O)CCc1cnc([C@@H]2CCCN2N2CCC(F)(F)CC2)s1. The van der Waals surface area contributed by atoms with Crippen molar-refractivity contribution in [1.82, 2.24) is 15.0 Å². The first-order chi connectivity index (χ1) is 11.5. The summed E-state index contributed by atoms with van der Waals surface area (Å²) in [6.07, 6.45) is 4.72. The minimum atomic E-state index is -2.52. The normalized spacial score (nSPS) is 25.0. The van der Waals surface area contributed by atoms with Crippen LogP contribution in [0.2, 0.25) is 0 Å². The van der Waals surface area contributed by atoms with Crippen LogP contribution in [0.3, 0.4) is 0 Å². The summed E-state index contributed by atoms with van der Waals surface area (Å²) in [7, 11) is 1.39. The Labute approximate surface area is 144 Å². The van der Waals surface area contributed by atoms with Gasteiger partial charge in [0.05, 0.1) is 19.6 Å². The summed E-state index contributed by atoms with van der Waals surface area (Å²) < 4.78 is 31.4. The number of piperidine rings is 1. The smallest absolute Gasteiger partial charge is 0.305 e. The highest BCUT2D eigenvalue weighted by Crippen LogP contribution is 2.38. The second-order valence-electron chi connectivity index (χ2n) is 6.37. The van der Waals surface area contributed by atoms with E-state index >= 15 is 0 Å². The van der Waals surface area contributed by atoms with E-state index in [1.807, 2.05) is 6.20 Å². The van der Waals surface area contributed by atoms with Gasteiger partial charge in [-0.15, -0.1) is 11.3 Å². The third-order valence-electron chi connectivity index (χ3n) is 4.72. The van der Waals surface area contributed by atoms with Gasteiger partial charge in [0.25, 0.3) is 5.92 Å². The molecule has 3 rings (SSSR count). The van der Waals surface area contributed by atoms with E-state index in [0.717, 1.165) is 29.3 Å². The van der Waals surface area contributed by atoms with Crippen LogP contribution in [-0.2, 0) is 16.0 Å². The topological polar surface area (TPSA) is 45.7 Å². The molecule has 0 unspecified atom stereocenters. The lowest BCUT2D eigenvalue weighted by atomic mass is 10.1. The van der Waals surface area contributed by atoms with Gasteiger partial charge in [0.2, 0.25) is 0 Å². The number of ether oxygens (including phenoxy) is 1. The first-order valence-electron chi connectivity index (χ1n) is 8.39. The van der Waals surface area contributed by atoms with E-state index in [4.69, 9.17) is 0 Å². The molecule has 0 saturated carbocycles. The Morgan fingerprint density at radius 2 is 2.17 bits per heavy atom. The molecule has 5 nitrogen and oxygen atoms in total.